The van der Waals surface area contributed by atoms with E-state index in [-0.39, 0.29) is 11.9 Å². The van der Waals surface area contributed by atoms with Gasteiger partial charge in [0.15, 0.2) is 0 Å². The Morgan fingerprint density at radius 1 is 1.56 bits per heavy atom. The largest absolute Gasteiger partial charge is 0.497 e. The van der Waals surface area contributed by atoms with Gasteiger partial charge in [0.25, 0.3) is 0 Å². The molecule has 0 bridgehead atoms. The third kappa shape index (κ3) is 3.74. The van der Waals surface area contributed by atoms with Crippen molar-refractivity contribution in [2.24, 2.45) is 0 Å². The van der Waals surface area contributed by atoms with Crippen molar-refractivity contribution in [2.75, 3.05) is 20.2 Å². The number of piperidine rings is 1. The van der Waals surface area contributed by atoms with Crippen molar-refractivity contribution < 1.29 is 9.53 Å². The summed E-state index contributed by atoms with van der Waals surface area (Å²) in [6.07, 6.45) is 2.61. The van der Waals surface area contributed by atoms with Crippen molar-refractivity contribution in [2.45, 2.75) is 25.3 Å². The minimum Gasteiger partial charge on any atom is -0.497 e. The topological polar surface area (TPSA) is 50.4 Å². The fourth-order valence-corrected chi connectivity index (χ4v) is 2.22. The molecule has 0 radical (unpaired) electrons. The van der Waals surface area contributed by atoms with E-state index in [1.807, 2.05) is 24.3 Å². The molecule has 1 amide bonds. The highest BCUT2D eigenvalue weighted by molar-refractivity contribution is 5.79. The van der Waals surface area contributed by atoms with E-state index in [1.165, 1.54) is 0 Å². The van der Waals surface area contributed by atoms with Gasteiger partial charge >= 0.3 is 0 Å². The predicted octanol–water partition coefficient (Wildman–Crippen LogP) is 1.11. The van der Waals surface area contributed by atoms with E-state index in [0.29, 0.717) is 6.42 Å². The highest BCUT2D eigenvalue weighted by Gasteiger charge is 2.15. The Morgan fingerprint density at radius 2 is 2.44 bits per heavy atom. The molecule has 4 nitrogen and oxygen atoms in total. The minimum atomic E-state index is 0.0805. The molecule has 1 fully saturated rings. The van der Waals surface area contributed by atoms with Gasteiger partial charge in [-0.2, -0.15) is 0 Å². The van der Waals surface area contributed by atoms with Crippen LogP contribution in [0.2, 0.25) is 0 Å². The molecule has 18 heavy (non-hydrogen) atoms. The van der Waals surface area contributed by atoms with Gasteiger partial charge in [-0.1, -0.05) is 12.1 Å². The molecule has 1 aromatic rings. The molecule has 4 heteroatoms. The van der Waals surface area contributed by atoms with Gasteiger partial charge in [-0.15, -0.1) is 0 Å². The van der Waals surface area contributed by atoms with Gasteiger partial charge in [-0.3, -0.25) is 4.79 Å². The Hall–Kier alpha value is -1.55. The Labute approximate surface area is 108 Å². The van der Waals surface area contributed by atoms with Gasteiger partial charge in [0, 0.05) is 12.6 Å². The number of carbonyl (C=O) groups excluding carboxylic acids is 1. The molecular formula is C14H20N2O2. The zero-order chi connectivity index (χ0) is 12.8. The third-order valence-electron chi connectivity index (χ3n) is 3.16. The van der Waals surface area contributed by atoms with Crippen LogP contribution in [0.5, 0.6) is 5.75 Å². The maximum absolute atomic E-state index is 11.9. The number of rotatable bonds is 4. The van der Waals surface area contributed by atoms with Crippen LogP contribution in [0.3, 0.4) is 0 Å². The van der Waals surface area contributed by atoms with E-state index in [1.54, 1.807) is 7.11 Å². The molecule has 1 aliphatic heterocycles. The van der Waals surface area contributed by atoms with Crippen LogP contribution in [0.1, 0.15) is 18.4 Å². The Balaban J connectivity index is 1.85. The second kappa shape index (κ2) is 6.40. The van der Waals surface area contributed by atoms with Crippen molar-refractivity contribution in [1.82, 2.24) is 10.6 Å². The predicted molar refractivity (Wildman–Crippen MR) is 70.7 cm³/mol. The van der Waals surface area contributed by atoms with Crippen LogP contribution < -0.4 is 15.4 Å². The van der Waals surface area contributed by atoms with Crippen molar-refractivity contribution in [3.05, 3.63) is 29.8 Å². The van der Waals surface area contributed by atoms with E-state index in [4.69, 9.17) is 4.74 Å². The monoisotopic (exact) mass is 248 g/mol. The first-order chi connectivity index (χ1) is 8.78. The van der Waals surface area contributed by atoms with Crippen LogP contribution in [0.4, 0.5) is 0 Å². The van der Waals surface area contributed by atoms with E-state index in [2.05, 4.69) is 10.6 Å². The number of nitrogens with one attached hydrogen (secondary N) is 2. The molecule has 98 valence electrons. The van der Waals surface area contributed by atoms with Gasteiger partial charge in [0.2, 0.25) is 5.91 Å². The molecule has 1 saturated heterocycles. The lowest BCUT2D eigenvalue weighted by Crippen LogP contribution is -2.46. The molecule has 2 rings (SSSR count). The smallest absolute Gasteiger partial charge is 0.224 e. The molecule has 0 aliphatic carbocycles. The SMILES string of the molecule is COc1cccc(CC(=O)NC2CCCNC2)c1. The van der Waals surface area contributed by atoms with Crippen molar-refractivity contribution >= 4 is 5.91 Å². The Bertz CT molecular complexity index is 401. The molecular weight excluding hydrogens is 228 g/mol. The molecule has 2 N–H and O–H groups in total. The fourth-order valence-electron chi connectivity index (χ4n) is 2.22. The van der Waals surface area contributed by atoms with Crippen LogP contribution >= 0.6 is 0 Å². The van der Waals surface area contributed by atoms with Gasteiger partial charge in [0.05, 0.1) is 13.5 Å². The summed E-state index contributed by atoms with van der Waals surface area (Å²) in [5.41, 5.74) is 0.982. The molecule has 0 saturated carbocycles. The summed E-state index contributed by atoms with van der Waals surface area (Å²) in [5, 5.41) is 6.35. The lowest BCUT2D eigenvalue weighted by Gasteiger charge is -2.23. The van der Waals surface area contributed by atoms with Gasteiger partial charge in [-0.05, 0) is 37.1 Å². The first-order valence-electron chi connectivity index (χ1n) is 6.41. The summed E-state index contributed by atoms with van der Waals surface area (Å²) < 4.78 is 5.14. The summed E-state index contributed by atoms with van der Waals surface area (Å²) in [6, 6.07) is 7.91. The van der Waals surface area contributed by atoms with Crippen molar-refractivity contribution in [3.63, 3.8) is 0 Å². The molecule has 1 atom stereocenters. The normalized spacial score (nSPS) is 19.3. The number of ether oxygens (including phenoxy) is 1. The molecule has 1 heterocycles. The average Bonchev–Trinajstić information content (AvgIpc) is 2.40. The third-order valence-corrected chi connectivity index (χ3v) is 3.16. The summed E-state index contributed by atoms with van der Waals surface area (Å²) in [7, 11) is 1.63. The highest BCUT2D eigenvalue weighted by atomic mass is 16.5. The molecule has 0 aromatic heterocycles. The summed E-state index contributed by atoms with van der Waals surface area (Å²) in [5.74, 6) is 0.872. The fraction of sp³-hybridized carbons (Fsp3) is 0.500. The van der Waals surface area contributed by atoms with Crippen LogP contribution in [0.25, 0.3) is 0 Å². The second-order valence-electron chi connectivity index (χ2n) is 4.64. The maximum Gasteiger partial charge on any atom is 0.224 e. The average molecular weight is 248 g/mol. The number of hydrogen-bond acceptors (Lipinski definition) is 3. The number of methoxy groups -OCH3 is 1. The number of carbonyl (C=O) groups is 1. The first kappa shape index (κ1) is 12.9. The lowest BCUT2D eigenvalue weighted by atomic mass is 10.1. The lowest BCUT2D eigenvalue weighted by molar-refractivity contribution is -0.121. The first-order valence-corrected chi connectivity index (χ1v) is 6.41. The van der Waals surface area contributed by atoms with E-state index in [0.717, 1.165) is 37.2 Å². The zero-order valence-corrected chi connectivity index (χ0v) is 10.7. The quantitative estimate of drug-likeness (QED) is 0.839. The van der Waals surface area contributed by atoms with Gasteiger partial charge in [-0.25, -0.2) is 0 Å². The molecule has 1 aliphatic rings. The van der Waals surface area contributed by atoms with Crippen molar-refractivity contribution in [1.29, 1.82) is 0 Å². The highest BCUT2D eigenvalue weighted by Crippen LogP contribution is 2.13. The zero-order valence-electron chi connectivity index (χ0n) is 10.7. The number of benzene rings is 1. The second-order valence-corrected chi connectivity index (χ2v) is 4.64. The minimum absolute atomic E-state index is 0.0805. The van der Waals surface area contributed by atoms with Gasteiger partial charge in [0.1, 0.15) is 5.75 Å². The molecule has 1 unspecified atom stereocenters. The number of hydrogen-bond donors (Lipinski definition) is 2. The standard InChI is InChI=1S/C14H20N2O2/c1-18-13-6-2-4-11(8-13)9-14(17)16-12-5-3-7-15-10-12/h2,4,6,8,12,15H,3,5,7,9-10H2,1H3,(H,16,17). The summed E-state index contributed by atoms with van der Waals surface area (Å²) >= 11 is 0. The molecule has 1 aromatic carbocycles. The summed E-state index contributed by atoms with van der Waals surface area (Å²) in [4.78, 5) is 11.9. The number of amides is 1. The van der Waals surface area contributed by atoms with E-state index >= 15 is 0 Å². The maximum atomic E-state index is 11.9. The van der Waals surface area contributed by atoms with Crippen LogP contribution in [-0.4, -0.2) is 32.1 Å². The Morgan fingerprint density at radius 3 is 3.17 bits per heavy atom. The van der Waals surface area contributed by atoms with Crippen LogP contribution in [-0.2, 0) is 11.2 Å². The van der Waals surface area contributed by atoms with Crippen molar-refractivity contribution in [3.8, 4) is 5.75 Å². The Kier molecular flexibility index (Phi) is 4.59. The van der Waals surface area contributed by atoms with Crippen LogP contribution in [0, 0.1) is 0 Å². The summed E-state index contributed by atoms with van der Waals surface area (Å²) in [6.45, 7) is 1.94. The van der Waals surface area contributed by atoms with E-state index in [9.17, 15) is 4.79 Å². The van der Waals surface area contributed by atoms with Gasteiger partial charge < -0.3 is 15.4 Å². The van der Waals surface area contributed by atoms with Crippen LogP contribution in [0.15, 0.2) is 24.3 Å². The molecule has 0 spiro atoms. The van der Waals surface area contributed by atoms with E-state index < -0.39 is 0 Å².